The molecule has 2 bridgehead atoms. The summed E-state index contributed by atoms with van der Waals surface area (Å²) in [6, 6.07) is 28.7. The lowest BCUT2D eigenvalue weighted by Gasteiger charge is -2.53. The van der Waals surface area contributed by atoms with E-state index in [9.17, 15) is 38.7 Å². The number of hydrogen-bond acceptors (Lipinski definition) is 21. The van der Waals surface area contributed by atoms with Crippen molar-refractivity contribution in [2.24, 2.45) is 33.8 Å². The first-order valence-corrected chi connectivity index (χ1v) is 42.8. The van der Waals surface area contributed by atoms with E-state index < -0.39 is 45.9 Å². The molecule has 1 aliphatic carbocycles. The summed E-state index contributed by atoms with van der Waals surface area (Å²) in [6.07, 6.45) is 4.18. The second-order valence-corrected chi connectivity index (χ2v) is 33.8. The number of carboxylic acids is 1. The maximum absolute atomic E-state index is 15.7. The number of carbonyl (C=O) groups is 8. The number of amides is 6. The van der Waals surface area contributed by atoms with Gasteiger partial charge in [-0.25, -0.2) is 4.98 Å². The quantitative estimate of drug-likeness (QED) is 0.0253. The number of rotatable bonds is 25. The third kappa shape index (κ3) is 15.7. The van der Waals surface area contributed by atoms with Gasteiger partial charge in [-0.05, 0) is 128 Å². The van der Waals surface area contributed by atoms with E-state index in [4.69, 9.17) is 65.8 Å². The number of hydrogen-bond donors (Lipinski definition) is 11. The number of nitrogens with zero attached hydrogens (tertiary/aromatic N) is 2. The molecule has 0 radical (unpaired) electrons. The number of imidazole rings is 1. The second-order valence-electron chi connectivity index (χ2n) is 33.8. The summed E-state index contributed by atoms with van der Waals surface area (Å²) in [5.74, 6) is -3.27. The topological polar surface area (TPSA) is 425 Å². The number of fused-ring (bicyclic) bond motifs is 18. The monoisotopic (exact) mass is 1670 g/mol. The fraction of sp³-hybridized carbons (Fsp3) is 0.394. The van der Waals surface area contributed by atoms with Crippen molar-refractivity contribution in [3.63, 3.8) is 0 Å². The standard InChI is InChI=1S/C94H104N12O17/c1-10-83(107)99-59-32-75-76(33-60(59)100-84(108)11-2)117-68-41-70-54-29-52(68)47(20-16-24-95)51-28-53-48(21-17-25-96)55-30-57-50(23-19-27-98)58-31-56(49(54)22-18-26-97)72(121-80-37-64(104-88(112)15-6)63(36-79(80)119-70)103-87(111)14-5)43-74(58)123-82-39-66-65(105-89-92(7)44-93(8,90(113)106(66)89)46-94(9,45-92)91(114)115)38-81(82)122-73(57)42-71(55)120-78-35-62(102-86(110)13-4)61(101-85(109)12-3)34-77(78)118-69(53)40-67(51)116-75/h28-43,47-50H,10-27,44-46,95-98H2,1-9H3,(H,99,107)(H,100,108)(H,101,109)(H,102,110)(H,103,111)(H,104,112)(H,114,115)/t47?,48?,49?,50?,92?,93?,94-/m0/s1. The lowest BCUT2D eigenvalue weighted by molar-refractivity contribution is -0.154. The Bertz CT molecular complexity index is 5810. The summed E-state index contributed by atoms with van der Waals surface area (Å²) >= 11 is 0. The van der Waals surface area contributed by atoms with Gasteiger partial charge in [0.1, 0.15) is 51.8 Å². The van der Waals surface area contributed by atoms with Crippen LogP contribution in [0.3, 0.4) is 0 Å². The Morgan fingerprint density at radius 3 is 0.821 bits per heavy atom. The summed E-state index contributed by atoms with van der Waals surface area (Å²) in [5.41, 5.74) is 30.4. The molecule has 6 aliphatic rings. The van der Waals surface area contributed by atoms with Crippen LogP contribution in [-0.2, 0) is 39.0 Å². The number of nitrogens with one attached hydrogen (secondary N) is 6. The summed E-state index contributed by atoms with van der Waals surface area (Å²) in [6.45, 7) is 16.7. The van der Waals surface area contributed by atoms with Crippen LogP contribution >= 0.6 is 0 Å². The van der Waals surface area contributed by atoms with Crippen molar-refractivity contribution in [3.8, 4) is 92.0 Å². The van der Waals surface area contributed by atoms with Crippen LogP contribution < -0.4 is 92.7 Å². The highest BCUT2D eigenvalue weighted by Gasteiger charge is 2.61. The molecule has 8 aromatic carbocycles. The molecule has 6 amide bonds. The highest BCUT2D eigenvalue weighted by Crippen LogP contribution is 2.63. The van der Waals surface area contributed by atoms with Crippen LogP contribution in [0.4, 0.5) is 34.1 Å². The van der Waals surface area contributed by atoms with E-state index in [0.29, 0.717) is 119 Å². The summed E-state index contributed by atoms with van der Waals surface area (Å²) in [7, 11) is 0. The highest BCUT2D eigenvalue weighted by atomic mass is 16.5. The average Bonchev–Trinajstić information content (AvgIpc) is 1.60. The number of aromatic nitrogens is 2. The molecule has 1 saturated carbocycles. The smallest absolute Gasteiger partial charge is 0.309 e. The molecule has 0 saturated heterocycles. The average molecular weight is 1670 g/mol. The number of carboxylic acid groups (broad SMARTS) is 1. The normalized spacial score (nSPS) is 19.8. The van der Waals surface area contributed by atoms with Crippen molar-refractivity contribution in [2.45, 2.75) is 201 Å². The van der Waals surface area contributed by atoms with Gasteiger partial charge in [0.15, 0.2) is 46.0 Å². The second kappa shape index (κ2) is 33.7. The van der Waals surface area contributed by atoms with Crippen LogP contribution in [0.1, 0.15) is 250 Å². The van der Waals surface area contributed by atoms with E-state index >= 15 is 4.79 Å². The first-order valence-electron chi connectivity index (χ1n) is 42.8. The minimum atomic E-state index is -1.28. The molecule has 15 N–H and O–H groups in total. The van der Waals surface area contributed by atoms with Crippen molar-refractivity contribution in [3.05, 3.63) is 147 Å². The summed E-state index contributed by atoms with van der Waals surface area (Å²) in [5, 5.41) is 28.9. The lowest BCUT2D eigenvalue weighted by atomic mass is 9.52. The van der Waals surface area contributed by atoms with Gasteiger partial charge in [0.05, 0.1) is 50.6 Å². The molecule has 123 heavy (non-hydrogen) atoms. The first-order chi connectivity index (χ1) is 59.1. The molecule has 0 spiro atoms. The fourth-order valence-corrected chi connectivity index (χ4v) is 19.0. The van der Waals surface area contributed by atoms with E-state index in [1.165, 1.54) is 0 Å². The molecule has 1 aromatic heterocycles. The third-order valence-corrected chi connectivity index (χ3v) is 24.8. The molecule has 642 valence electrons. The predicted molar refractivity (Wildman–Crippen MR) is 465 cm³/mol. The number of nitrogens with two attached hydrogens (primary N) is 4. The molecular formula is C94H104N12O17. The molecule has 6 unspecified atom stereocenters. The van der Waals surface area contributed by atoms with Crippen LogP contribution in [0.2, 0.25) is 0 Å². The van der Waals surface area contributed by atoms with Crippen molar-refractivity contribution < 1.29 is 81.4 Å². The molecule has 15 rings (SSSR count). The van der Waals surface area contributed by atoms with Crippen molar-refractivity contribution in [1.29, 1.82) is 0 Å². The van der Waals surface area contributed by atoms with Gasteiger partial charge in [-0.15, -0.1) is 0 Å². The van der Waals surface area contributed by atoms with Crippen LogP contribution in [0.5, 0.6) is 92.0 Å². The maximum atomic E-state index is 15.7. The predicted octanol–water partition coefficient (Wildman–Crippen LogP) is 18.7. The fourth-order valence-electron chi connectivity index (χ4n) is 19.0. The number of anilines is 6. The van der Waals surface area contributed by atoms with Crippen LogP contribution in [0.15, 0.2) is 97.1 Å². The van der Waals surface area contributed by atoms with Gasteiger partial charge >= 0.3 is 5.97 Å². The molecule has 9 aromatic rings. The lowest BCUT2D eigenvalue weighted by Crippen LogP contribution is -2.56. The SMILES string of the molecule is CCC(=O)Nc1cc2c(cc1NC(=O)CC)Oc1cc3c4cc1C(CCCN)c1cc5c(cc1O2)Oc1cc(NC(=O)CC)c(NC(=O)CC)cc1Oc1cc2c(cc1C5CCCN)C(CCCN)c1cc(c(cc1Oc1cc5c(cc1O2)nc1n5C(=O)C2(C)CC1(C)C[C@](C)(C(=O)O)C2)Oc1cc(NC(=O)CC)c(NC(=O)CC)cc1O3)C4CCCN. The Morgan fingerprint density at radius 1 is 0.350 bits per heavy atom. The Morgan fingerprint density at radius 2 is 0.585 bits per heavy atom. The molecule has 7 atom stereocenters. The van der Waals surface area contributed by atoms with E-state index in [1.807, 2.05) is 38.1 Å². The van der Waals surface area contributed by atoms with E-state index in [0.717, 1.165) is 0 Å². The zero-order valence-corrected chi connectivity index (χ0v) is 70.6. The van der Waals surface area contributed by atoms with Gasteiger partial charge in [0, 0.05) is 190 Å². The molecule has 6 heterocycles. The minimum absolute atomic E-state index is 0.0669. The third-order valence-electron chi connectivity index (χ3n) is 24.8. The van der Waals surface area contributed by atoms with Gasteiger partial charge in [0.2, 0.25) is 41.4 Å². The van der Waals surface area contributed by atoms with Crippen molar-refractivity contribution in [2.75, 3.05) is 58.1 Å². The van der Waals surface area contributed by atoms with Crippen molar-refractivity contribution >= 4 is 92.5 Å². The number of carbonyl (C=O) groups excluding carboxylic acids is 7. The first kappa shape index (κ1) is 84.1. The minimum Gasteiger partial charge on any atom is -0.481 e. The molecule has 1 fully saturated rings. The van der Waals surface area contributed by atoms with E-state index in [1.54, 1.807) is 102 Å². The van der Waals surface area contributed by atoms with Gasteiger partial charge in [0.25, 0.3) is 0 Å². The van der Waals surface area contributed by atoms with Gasteiger partial charge in [-0.1, -0.05) is 55.4 Å². The van der Waals surface area contributed by atoms with E-state index in [2.05, 4.69) is 56.2 Å². The Kier molecular flexibility index (Phi) is 23.0. The maximum Gasteiger partial charge on any atom is 0.309 e. The Balaban J connectivity index is 1.09. The van der Waals surface area contributed by atoms with Gasteiger partial charge in [-0.2, -0.15) is 0 Å². The summed E-state index contributed by atoms with van der Waals surface area (Å²) < 4.78 is 62.1. The number of aliphatic carboxylic acids is 1. The molecular weight excluding hydrogens is 1570 g/mol. The van der Waals surface area contributed by atoms with Crippen LogP contribution in [-0.4, -0.2) is 88.2 Å². The van der Waals surface area contributed by atoms with Crippen LogP contribution in [0.25, 0.3) is 11.0 Å². The Hall–Kier alpha value is -12.6. The van der Waals surface area contributed by atoms with Gasteiger partial charge < -0.3 is 97.8 Å². The zero-order valence-electron chi connectivity index (χ0n) is 70.6. The molecule has 5 aliphatic heterocycles. The van der Waals surface area contributed by atoms with Crippen molar-refractivity contribution in [1.82, 2.24) is 9.55 Å². The Labute approximate surface area is 711 Å². The number of ether oxygens (including phenoxy) is 8. The zero-order chi connectivity index (χ0) is 86.8. The number of benzene rings is 8. The van der Waals surface area contributed by atoms with Gasteiger partial charge in [-0.3, -0.25) is 42.9 Å². The summed E-state index contributed by atoms with van der Waals surface area (Å²) in [4.78, 5) is 117. The largest absolute Gasteiger partial charge is 0.481 e. The molecule has 29 nitrogen and oxygen atoms in total. The van der Waals surface area contributed by atoms with Crippen LogP contribution in [0, 0.1) is 10.8 Å². The highest BCUT2D eigenvalue weighted by molar-refractivity contribution is 6.04. The molecule has 29 heteroatoms. The van der Waals surface area contributed by atoms with E-state index in [-0.39, 0.29) is 245 Å².